The van der Waals surface area contributed by atoms with Gasteiger partial charge in [0.2, 0.25) is 5.91 Å². The Balaban J connectivity index is 1.62. The zero-order valence-electron chi connectivity index (χ0n) is 20.8. The van der Waals surface area contributed by atoms with Crippen LogP contribution >= 0.6 is 0 Å². The second-order valence-electron chi connectivity index (χ2n) is 9.31. The first-order valence-corrected chi connectivity index (χ1v) is 12.3. The van der Waals surface area contributed by atoms with E-state index in [0.29, 0.717) is 28.3 Å². The molecule has 39 heavy (non-hydrogen) atoms. The average molecular weight is 522 g/mol. The lowest BCUT2D eigenvalue weighted by molar-refractivity contribution is -0.384. The van der Waals surface area contributed by atoms with Crippen molar-refractivity contribution in [2.75, 3.05) is 17.1 Å². The van der Waals surface area contributed by atoms with E-state index in [2.05, 4.69) is 0 Å². The van der Waals surface area contributed by atoms with Crippen molar-refractivity contribution in [1.82, 2.24) is 0 Å². The molecule has 0 radical (unpaired) electrons. The van der Waals surface area contributed by atoms with Crippen molar-refractivity contribution in [3.05, 3.63) is 130 Å². The van der Waals surface area contributed by atoms with E-state index >= 15 is 0 Å². The molecule has 2 heterocycles. The molecule has 2 aliphatic heterocycles. The number of nitrogens with zero attached hydrogens (tertiary/aromatic N) is 3. The number of methoxy groups -OCH3 is 1. The molecule has 194 valence electrons. The summed E-state index contributed by atoms with van der Waals surface area (Å²) in [6, 6.07) is 30.1. The molecule has 3 unspecified atom stereocenters. The molecule has 9 heteroatoms. The first-order chi connectivity index (χ1) is 19.0. The third-order valence-corrected chi connectivity index (χ3v) is 7.31. The van der Waals surface area contributed by atoms with Gasteiger partial charge >= 0.3 is 0 Å². The van der Waals surface area contributed by atoms with E-state index in [1.54, 1.807) is 66.8 Å². The van der Waals surface area contributed by atoms with Crippen LogP contribution in [0.4, 0.5) is 17.1 Å². The van der Waals surface area contributed by atoms with E-state index in [4.69, 9.17) is 9.57 Å². The summed E-state index contributed by atoms with van der Waals surface area (Å²) in [7, 11) is 1.56. The highest BCUT2D eigenvalue weighted by Gasteiger charge is 2.72. The van der Waals surface area contributed by atoms with Crippen molar-refractivity contribution in [3.8, 4) is 5.75 Å². The van der Waals surface area contributed by atoms with E-state index in [1.807, 2.05) is 42.5 Å². The zero-order chi connectivity index (χ0) is 27.1. The molecule has 6 rings (SSSR count). The maximum absolute atomic E-state index is 14.7. The van der Waals surface area contributed by atoms with Crippen molar-refractivity contribution < 1.29 is 24.1 Å². The van der Waals surface area contributed by atoms with Crippen LogP contribution in [0.1, 0.15) is 17.2 Å². The number of non-ortho nitro benzene ring substituents is 1. The molecule has 4 aromatic rings. The fraction of sp³-hybridized carbons (Fsp3) is 0.133. The summed E-state index contributed by atoms with van der Waals surface area (Å²) >= 11 is 0. The third kappa shape index (κ3) is 3.66. The number of carbonyl (C=O) groups is 2. The van der Waals surface area contributed by atoms with Crippen molar-refractivity contribution >= 4 is 28.9 Å². The standard InChI is InChI=1S/C30H23N3O6/c1-38-25-18-12-20(13-19-25)26-30(21-14-16-24(17-15-21)33(36)37)27(39-32(26)23-10-6-3-7-11-23)28(34)31(29(30)35)22-8-4-2-5-9-22/h2-19,26-27H,1H3. The quantitative estimate of drug-likeness (QED) is 0.200. The van der Waals surface area contributed by atoms with Gasteiger partial charge in [0.25, 0.3) is 11.6 Å². The third-order valence-electron chi connectivity index (χ3n) is 7.31. The largest absolute Gasteiger partial charge is 0.497 e. The van der Waals surface area contributed by atoms with Gasteiger partial charge in [0, 0.05) is 12.1 Å². The number of rotatable bonds is 6. The van der Waals surface area contributed by atoms with E-state index < -0.39 is 34.3 Å². The number of hydrogen-bond acceptors (Lipinski definition) is 7. The summed E-state index contributed by atoms with van der Waals surface area (Å²) in [5.41, 5.74) is 0.549. The van der Waals surface area contributed by atoms with Gasteiger partial charge in [-0.05, 0) is 47.5 Å². The predicted octanol–water partition coefficient (Wildman–Crippen LogP) is 4.98. The molecule has 0 aliphatic carbocycles. The molecule has 2 amide bonds. The van der Waals surface area contributed by atoms with Crippen LogP contribution in [0.3, 0.4) is 0 Å². The minimum absolute atomic E-state index is 0.122. The van der Waals surface area contributed by atoms with Crippen LogP contribution in [0.15, 0.2) is 109 Å². The van der Waals surface area contributed by atoms with Crippen LogP contribution in [-0.2, 0) is 19.8 Å². The lowest BCUT2D eigenvalue weighted by atomic mass is 9.69. The average Bonchev–Trinajstić information content (AvgIpc) is 3.45. The topological polar surface area (TPSA) is 102 Å². The molecule has 2 saturated heterocycles. The number of fused-ring (bicyclic) bond motifs is 1. The fourth-order valence-corrected chi connectivity index (χ4v) is 5.54. The highest BCUT2D eigenvalue weighted by atomic mass is 16.7. The number of benzene rings is 4. The van der Waals surface area contributed by atoms with E-state index in [9.17, 15) is 19.7 Å². The number of imide groups is 1. The Bertz CT molecular complexity index is 1540. The number of ether oxygens (including phenoxy) is 1. The SMILES string of the molecule is COc1ccc(C2N(c3ccccc3)OC3C(=O)N(c4ccccc4)C(=O)C32c2ccc([N+](=O)[O-])cc2)cc1. The van der Waals surface area contributed by atoms with Crippen LogP contribution in [0, 0.1) is 10.1 Å². The van der Waals surface area contributed by atoms with Crippen molar-refractivity contribution in [2.24, 2.45) is 0 Å². The second-order valence-corrected chi connectivity index (χ2v) is 9.31. The zero-order valence-corrected chi connectivity index (χ0v) is 20.8. The Morgan fingerprint density at radius 2 is 1.41 bits per heavy atom. The summed E-state index contributed by atoms with van der Waals surface area (Å²) < 4.78 is 5.35. The first kappa shape index (κ1) is 24.3. The van der Waals surface area contributed by atoms with Gasteiger partial charge in [-0.2, -0.15) is 0 Å². The van der Waals surface area contributed by atoms with Crippen LogP contribution in [0.25, 0.3) is 0 Å². The van der Waals surface area contributed by atoms with Crippen LogP contribution in [0.5, 0.6) is 5.75 Å². The smallest absolute Gasteiger partial charge is 0.269 e. The van der Waals surface area contributed by atoms with E-state index in [1.165, 1.54) is 12.1 Å². The monoisotopic (exact) mass is 521 g/mol. The van der Waals surface area contributed by atoms with Gasteiger partial charge in [0.05, 0.1) is 23.4 Å². The minimum atomic E-state index is -1.55. The normalized spacial score (nSPS) is 22.2. The number of para-hydroxylation sites is 2. The van der Waals surface area contributed by atoms with Gasteiger partial charge in [-0.25, -0.2) is 9.96 Å². The maximum atomic E-state index is 14.7. The molecular weight excluding hydrogens is 498 g/mol. The van der Waals surface area contributed by atoms with Crippen molar-refractivity contribution in [3.63, 3.8) is 0 Å². The second kappa shape index (κ2) is 9.38. The number of hydrogen-bond donors (Lipinski definition) is 0. The van der Waals surface area contributed by atoms with Crippen LogP contribution in [-0.4, -0.2) is 30.0 Å². The van der Waals surface area contributed by atoms with Gasteiger partial charge in [-0.3, -0.25) is 24.5 Å². The predicted molar refractivity (Wildman–Crippen MR) is 143 cm³/mol. The Labute approximate surface area is 223 Å². The molecule has 2 aliphatic rings. The summed E-state index contributed by atoms with van der Waals surface area (Å²) in [5, 5.41) is 13.0. The van der Waals surface area contributed by atoms with Gasteiger partial charge < -0.3 is 4.74 Å². The van der Waals surface area contributed by atoms with Gasteiger partial charge in [-0.15, -0.1) is 0 Å². The lowest BCUT2D eigenvalue weighted by Crippen LogP contribution is -2.46. The highest BCUT2D eigenvalue weighted by molar-refractivity contribution is 6.28. The summed E-state index contributed by atoms with van der Waals surface area (Å²) in [4.78, 5) is 47.2. The fourth-order valence-electron chi connectivity index (χ4n) is 5.54. The molecule has 2 fully saturated rings. The summed E-state index contributed by atoms with van der Waals surface area (Å²) in [6.07, 6.45) is -1.22. The molecule has 4 aromatic carbocycles. The minimum Gasteiger partial charge on any atom is -0.497 e. The molecular formula is C30H23N3O6. The summed E-state index contributed by atoms with van der Waals surface area (Å²) in [5.74, 6) is -0.358. The first-order valence-electron chi connectivity index (χ1n) is 12.3. The number of nitro groups is 1. The summed E-state index contributed by atoms with van der Waals surface area (Å²) in [6.45, 7) is 0. The number of carbonyl (C=O) groups excluding carboxylic acids is 2. The Hall–Kier alpha value is -5.02. The lowest BCUT2D eigenvalue weighted by Gasteiger charge is -2.35. The Morgan fingerprint density at radius 3 is 1.97 bits per heavy atom. The van der Waals surface area contributed by atoms with Crippen molar-refractivity contribution in [2.45, 2.75) is 17.6 Å². The molecule has 3 atom stereocenters. The van der Waals surface area contributed by atoms with E-state index in [-0.39, 0.29) is 5.69 Å². The van der Waals surface area contributed by atoms with Crippen molar-refractivity contribution in [1.29, 1.82) is 0 Å². The van der Waals surface area contributed by atoms with Gasteiger partial charge in [0.15, 0.2) is 6.10 Å². The van der Waals surface area contributed by atoms with Crippen LogP contribution in [0.2, 0.25) is 0 Å². The van der Waals surface area contributed by atoms with E-state index in [0.717, 1.165) is 4.90 Å². The number of nitro benzene ring substituents is 1. The number of hydroxylamine groups is 1. The maximum Gasteiger partial charge on any atom is 0.269 e. The Morgan fingerprint density at radius 1 is 0.821 bits per heavy atom. The number of anilines is 2. The Kier molecular flexibility index (Phi) is 5.85. The molecule has 0 N–H and O–H groups in total. The highest BCUT2D eigenvalue weighted by Crippen LogP contribution is 2.57. The molecule has 0 bridgehead atoms. The van der Waals surface area contributed by atoms with Gasteiger partial charge in [0.1, 0.15) is 17.2 Å². The molecule has 0 saturated carbocycles. The van der Waals surface area contributed by atoms with Crippen LogP contribution < -0.4 is 14.7 Å². The molecule has 0 spiro atoms. The van der Waals surface area contributed by atoms with Gasteiger partial charge in [-0.1, -0.05) is 60.7 Å². The number of amides is 2. The molecule has 0 aromatic heterocycles. The molecule has 9 nitrogen and oxygen atoms in total.